The second-order valence-corrected chi connectivity index (χ2v) is 2.96. The number of aliphatic hydroxyl groups excluding tert-OH is 1. The van der Waals surface area contributed by atoms with Gasteiger partial charge in [0.25, 0.3) is 11.4 Å². The third-order valence-electron chi connectivity index (χ3n) is 1.96. The van der Waals surface area contributed by atoms with Gasteiger partial charge in [-0.05, 0) is 6.07 Å². The molecule has 0 heterocycles. The third kappa shape index (κ3) is 2.34. The smallest absolute Gasteiger partial charge is 0.337 e. The highest BCUT2D eigenvalue weighted by atomic mass is 16.6. The van der Waals surface area contributed by atoms with Crippen molar-refractivity contribution in [3.8, 4) is 0 Å². The normalized spacial score (nSPS) is 11.8. The zero-order chi connectivity index (χ0) is 13.2. The number of rotatable bonds is 4. The first kappa shape index (κ1) is 12.5. The molecule has 1 atom stereocenters. The molecule has 0 spiro atoms. The topological polar surface area (TPSA) is 144 Å². The van der Waals surface area contributed by atoms with Gasteiger partial charge in [0.2, 0.25) is 0 Å². The second kappa shape index (κ2) is 4.53. The maximum atomic E-state index is 10.6. The number of carboxylic acids is 1. The summed E-state index contributed by atoms with van der Waals surface area (Å²) in [5.74, 6) is -1.80. The van der Waals surface area contributed by atoms with Gasteiger partial charge in [-0.1, -0.05) is 0 Å². The van der Waals surface area contributed by atoms with Crippen LogP contribution >= 0.6 is 0 Å². The minimum atomic E-state index is -2.32. The molecule has 17 heavy (non-hydrogen) atoms. The molecule has 0 fully saturated rings. The summed E-state index contributed by atoms with van der Waals surface area (Å²) in [4.78, 5) is 29.8. The van der Waals surface area contributed by atoms with Crippen molar-refractivity contribution in [3.63, 3.8) is 0 Å². The van der Waals surface area contributed by atoms with E-state index in [0.29, 0.717) is 0 Å². The highest BCUT2D eigenvalue weighted by Crippen LogP contribution is 2.33. The van der Waals surface area contributed by atoms with Crippen molar-refractivity contribution in [2.24, 2.45) is 0 Å². The van der Waals surface area contributed by atoms with Gasteiger partial charge in [-0.2, -0.15) is 0 Å². The maximum Gasteiger partial charge on any atom is 0.337 e. The molecule has 1 aromatic carbocycles. The minimum absolute atomic E-state index is 0.811. The Bertz CT molecular complexity index is 466. The average Bonchev–Trinajstić information content (AvgIpc) is 2.26. The van der Waals surface area contributed by atoms with Crippen molar-refractivity contribution in [2.75, 3.05) is 0 Å². The van der Waals surface area contributed by atoms with E-state index in [4.69, 9.17) is 5.11 Å². The molecule has 0 saturated carbocycles. The number of nitro groups is 2. The van der Waals surface area contributed by atoms with Crippen LogP contribution in [0.2, 0.25) is 0 Å². The number of hydrogen-bond donors (Lipinski definition) is 2. The van der Waals surface area contributed by atoms with Gasteiger partial charge in [-0.25, -0.2) is 4.79 Å². The maximum absolute atomic E-state index is 10.6. The lowest BCUT2D eigenvalue weighted by molar-refractivity contribution is -0.396. The molecule has 0 bridgehead atoms. The van der Waals surface area contributed by atoms with Crippen LogP contribution in [0.15, 0.2) is 18.2 Å². The fourth-order valence-electron chi connectivity index (χ4n) is 1.26. The summed E-state index contributed by atoms with van der Waals surface area (Å²) in [7, 11) is 0. The molecule has 9 heteroatoms. The summed E-state index contributed by atoms with van der Waals surface area (Å²) in [5, 5.41) is 39.0. The fraction of sp³-hybridized carbons (Fsp3) is 0.125. The molecule has 0 radical (unpaired) electrons. The summed E-state index contributed by atoms with van der Waals surface area (Å²) in [6.07, 6.45) is -2.32. The minimum Gasteiger partial charge on any atom is -0.479 e. The molecule has 1 rings (SSSR count). The summed E-state index contributed by atoms with van der Waals surface area (Å²) in [6, 6.07) is 2.80. The predicted molar refractivity (Wildman–Crippen MR) is 52.3 cm³/mol. The number of nitro benzene ring substituents is 2. The number of aliphatic carboxylic acids is 1. The second-order valence-electron chi connectivity index (χ2n) is 2.96. The van der Waals surface area contributed by atoms with Gasteiger partial charge in [0.15, 0.2) is 6.10 Å². The van der Waals surface area contributed by atoms with Gasteiger partial charge < -0.3 is 10.2 Å². The van der Waals surface area contributed by atoms with E-state index in [9.17, 15) is 30.1 Å². The Morgan fingerprint density at radius 1 is 1.18 bits per heavy atom. The molecule has 0 aliphatic heterocycles. The van der Waals surface area contributed by atoms with Gasteiger partial charge >= 0.3 is 5.97 Å². The van der Waals surface area contributed by atoms with Crippen LogP contribution in [0.4, 0.5) is 11.4 Å². The lowest BCUT2D eigenvalue weighted by Gasteiger charge is -2.06. The molecule has 2 N–H and O–H groups in total. The van der Waals surface area contributed by atoms with Crippen molar-refractivity contribution in [1.29, 1.82) is 0 Å². The largest absolute Gasteiger partial charge is 0.479 e. The third-order valence-corrected chi connectivity index (χ3v) is 1.96. The number of aliphatic hydroxyl groups is 1. The molecule has 9 nitrogen and oxygen atoms in total. The lowest BCUT2D eigenvalue weighted by Crippen LogP contribution is -2.14. The van der Waals surface area contributed by atoms with E-state index in [1.807, 2.05) is 0 Å². The zero-order valence-corrected chi connectivity index (χ0v) is 8.14. The molecule has 0 aliphatic carbocycles. The van der Waals surface area contributed by atoms with Crippen molar-refractivity contribution < 1.29 is 24.9 Å². The first-order chi connectivity index (χ1) is 7.86. The molecule has 1 aromatic rings. The molecule has 0 unspecified atom stereocenters. The zero-order valence-electron chi connectivity index (χ0n) is 8.14. The predicted octanol–water partition coefficient (Wildman–Crippen LogP) is 0.621. The van der Waals surface area contributed by atoms with Crippen LogP contribution in [0, 0.1) is 20.2 Å². The van der Waals surface area contributed by atoms with Crippen LogP contribution in [0.1, 0.15) is 11.7 Å². The standard InChI is InChI=1S/C8H6N2O7/c11-7(8(12)13)6-4(9(14)15)2-1-3-5(6)10(16)17/h1-3,7,11H,(H,12,13)/t7-/m1/s1. The van der Waals surface area contributed by atoms with Crippen LogP contribution in [0.3, 0.4) is 0 Å². The Morgan fingerprint density at radius 3 is 1.88 bits per heavy atom. The quantitative estimate of drug-likeness (QED) is 0.581. The van der Waals surface area contributed by atoms with Crippen molar-refractivity contribution in [2.45, 2.75) is 6.10 Å². The SMILES string of the molecule is O=C(O)[C@H](O)c1c([N+](=O)[O-])cccc1[N+](=O)[O-]. The highest BCUT2D eigenvalue weighted by Gasteiger charge is 2.34. The van der Waals surface area contributed by atoms with Gasteiger partial charge in [0.05, 0.1) is 9.85 Å². The van der Waals surface area contributed by atoms with Gasteiger partial charge in [0, 0.05) is 12.1 Å². The van der Waals surface area contributed by atoms with Crippen LogP contribution in [0.25, 0.3) is 0 Å². The van der Waals surface area contributed by atoms with Crippen molar-refractivity contribution >= 4 is 17.3 Å². The number of hydrogen-bond acceptors (Lipinski definition) is 6. The number of nitrogens with zero attached hydrogens (tertiary/aromatic N) is 2. The van der Waals surface area contributed by atoms with E-state index in [2.05, 4.69) is 0 Å². The Kier molecular flexibility index (Phi) is 3.34. The Balaban J connectivity index is 3.54. The number of benzene rings is 1. The van der Waals surface area contributed by atoms with Crippen molar-refractivity contribution in [1.82, 2.24) is 0 Å². The summed E-state index contributed by atoms with van der Waals surface area (Å²) >= 11 is 0. The molecule has 0 aliphatic rings. The van der Waals surface area contributed by atoms with Crippen LogP contribution in [0.5, 0.6) is 0 Å². The highest BCUT2D eigenvalue weighted by molar-refractivity contribution is 5.78. The molecule has 0 amide bonds. The molecular formula is C8H6N2O7. The Hall–Kier alpha value is -2.55. The molecular weight excluding hydrogens is 236 g/mol. The molecule has 0 saturated heterocycles. The Labute approximate surface area is 93.2 Å². The number of carboxylic acid groups (broad SMARTS) is 1. The van der Waals surface area contributed by atoms with E-state index >= 15 is 0 Å². The first-order valence-corrected chi connectivity index (χ1v) is 4.18. The van der Waals surface area contributed by atoms with Crippen molar-refractivity contribution in [3.05, 3.63) is 44.0 Å². The van der Waals surface area contributed by atoms with Gasteiger partial charge in [-0.15, -0.1) is 0 Å². The fourth-order valence-corrected chi connectivity index (χ4v) is 1.26. The van der Waals surface area contributed by atoms with E-state index in [1.165, 1.54) is 0 Å². The van der Waals surface area contributed by atoms with Gasteiger partial charge in [-0.3, -0.25) is 20.2 Å². The monoisotopic (exact) mass is 242 g/mol. The van der Waals surface area contributed by atoms with Crippen LogP contribution < -0.4 is 0 Å². The lowest BCUT2D eigenvalue weighted by atomic mass is 10.0. The van der Waals surface area contributed by atoms with Crippen LogP contribution in [-0.4, -0.2) is 26.0 Å². The van der Waals surface area contributed by atoms with E-state index in [1.54, 1.807) is 0 Å². The molecule has 0 aromatic heterocycles. The average molecular weight is 242 g/mol. The summed E-state index contributed by atoms with van der Waals surface area (Å²) < 4.78 is 0. The Morgan fingerprint density at radius 2 is 1.59 bits per heavy atom. The summed E-state index contributed by atoms with van der Waals surface area (Å²) in [5.41, 5.74) is -2.46. The van der Waals surface area contributed by atoms with Gasteiger partial charge in [0.1, 0.15) is 5.56 Å². The molecule has 90 valence electrons. The number of carbonyl (C=O) groups is 1. The van der Waals surface area contributed by atoms with E-state index in [-0.39, 0.29) is 0 Å². The summed E-state index contributed by atoms with van der Waals surface area (Å²) in [6.45, 7) is 0. The van der Waals surface area contributed by atoms with E-state index < -0.39 is 38.9 Å². The van der Waals surface area contributed by atoms with Crippen LogP contribution in [-0.2, 0) is 4.79 Å². The first-order valence-electron chi connectivity index (χ1n) is 4.18. The van der Waals surface area contributed by atoms with E-state index in [0.717, 1.165) is 18.2 Å².